The van der Waals surface area contributed by atoms with Crippen LogP contribution in [0.25, 0.3) is 0 Å². The van der Waals surface area contributed by atoms with Gasteiger partial charge in [0, 0.05) is 18.8 Å². The summed E-state index contributed by atoms with van der Waals surface area (Å²) in [5, 5.41) is 10.1. The Morgan fingerprint density at radius 2 is 2.15 bits per heavy atom. The molecule has 0 aliphatic rings. The van der Waals surface area contributed by atoms with Crippen molar-refractivity contribution in [3.63, 3.8) is 0 Å². The van der Waals surface area contributed by atoms with E-state index < -0.39 is 11.6 Å². The molecule has 0 saturated heterocycles. The number of hydrogen-bond donors (Lipinski definition) is 2. The van der Waals surface area contributed by atoms with Gasteiger partial charge in [0.2, 0.25) is 0 Å². The first-order valence-electron chi connectivity index (χ1n) is 6.10. The second-order valence-corrected chi connectivity index (χ2v) is 4.50. The fourth-order valence-electron chi connectivity index (χ4n) is 1.60. The Morgan fingerprint density at radius 3 is 2.80 bits per heavy atom. The maximum Gasteiger partial charge on any atom is 0.171 e. The molecule has 0 unspecified atom stereocenters. The van der Waals surface area contributed by atoms with Crippen molar-refractivity contribution < 1.29 is 8.78 Å². The third-order valence-corrected chi connectivity index (χ3v) is 2.88. The van der Waals surface area contributed by atoms with Crippen molar-refractivity contribution >= 4 is 23.0 Å². The van der Waals surface area contributed by atoms with Gasteiger partial charge >= 0.3 is 0 Å². The lowest BCUT2D eigenvalue weighted by molar-refractivity contribution is 0.586. The lowest BCUT2D eigenvalue weighted by atomic mass is 10.3. The average molecular weight is 296 g/mol. The molecule has 0 spiro atoms. The van der Waals surface area contributed by atoms with Crippen molar-refractivity contribution in [2.45, 2.75) is 20.0 Å². The molecule has 2 rings (SSSR count). The summed E-state index contributed by atoms with van der Waals surface area (Å²) in [6.45, 7) is 3.22. The zero-order valence-corrected chi connectivity index (χ0v) is 11.7. The Morgan fingerprint density at radius 1 is 1.35 bits per heavy atom. The van der Waals surface area contributed by atoms with Crippen LogP contribution in [0, 0.1) is 11.6 Å². The third-order valence-electron chi connectivity index (χ3n) is 2.63. The highest BCUT2D eigenvalue weighted by Crippen LogP contribution is 2.14. The fraction of sp³-hybridized carbons (Fsp3) is 0.231. The number of halogens is 2. The molecule has 0 saturated carbocycles. The minimum Gasteiger partial charge on any atom is -0.357 e. The summed E-state index contributed by atoms with van der Waals surface area (Å²) in [5.74, 6) is -1.32. The summed E-state index contributed by atoms with van der Waals surface area (Å²) < 4.78 is 28.0. The SMILES string of the molecule is CCn1ccc(CNC(=S)Nc2ccc(F)cc2F)n1. The van der Waals surface area contributed by atoms with E-state index in [0.717, 1.165) is 24.4 Å². The molecule has 2 N–H and O–H groups in total. The molecule has 0 bridgehead atoms. The van der Waals surface area contributed by atoms with Crippen LogP contribution in [0.2, 0.25) is 0 Å². The number of aromatic nitrogens is 2. The van der Waals surface area contributed by atoms with E-state index >= 15 is 0 Å². The maximum absolute atomic E-state index is 13.4. The van der Waals surface area contributed by atoms with E-state index in [4.69, 9.17) is 12.2 Å². The van der Waals surface area contributed by atoms with Gasteiger partial charge in [-0.1, -0.05) is 0 Å². The smallest absolute Gasteiger partial charge is 0.171 e. The zero-order chi connectivity index (χ0) is 14.5. The van der Waals surface area contributed by atoms with Crippen molar-refractivity contribution in [1.82, 2.24) is 15.1 Å². The van der Waals surface area contributed by atoms with E-state index in [-0.39, 0.29) is 10.8 Å². The molecule has 0 aliphatic carbocycles. The summed E-state index contributed by atoms with van der Waals surface area (Å²) in [5.41, 5.74) is 0.957. The van der Waals surface area contributed by atoms with Gasteiger partial charge in [0.25, 0.3) is 0 Å². The molecule has 0 fully saturated rings. The maximum atomic E-state index is 13.4. The first kappa shape index (κ1) is 14.4. The van der Waals surface area contributed by atoms with Crippen LogP contribution < -0.4 is 10.6 Å². The molecule has 1 heterocycles. The van der Waals surface area contributed by atoms with Gasteiger partial charge in [-0.3, -0.25) is 4.68 Å². The fourth-order valence-corrected chi connectivity index (χ4v) is 1.78. The summed E-state index contributed by atoms with van der Waals surface area (Å²) in [4.78, 5) is 0. The number of rotatable bonds is 4. The molecule has 4 nitrogen and oxygen atoms in total. The topological polar surface area (TPSA) is 41.9 Å². The molecule has 0 radical (unpaired) electrons. The van der Waals surface area contributed by atoms with Crippen molar-refractivity contribution in [2.75, 3.05) is 5.32 Å². The minimum absolute atomic E-state index is 0.128. The number of hydrogen-bond acceptors (Lipinski definition) is 2. The van der Waals surface area contributed by atoms with Gasteiger partial charge in [0.1, 0.15) is 11.6 Å². The quantitative estimate of drug-likeness (QED) is 0.851. The van der Waals surface area contributed by atoms with E-state index in [9.17, 15) is 8.78 Å². The van der Waals surface area contributed by atoms with E-state index in [1.165, 1.54) is 6.07 Å². The first-order chi connectivity index (χ1) is 9.58. The number of aryl methyl sites for hydroxylation is 1. The van der Waals surface area contributed by atoms with Gasteiger partial charge in [0.15, 0.2) is 5.11 Å². The average Bonchev–Trinajstić information content (AvgIpc) is 2.88. The largest absolute Gasteiger partial charge is 0.357 e. The van der Waals surface area contributed by atoms with E-state index in [2.05, 4.69) is 15.7 Å². The van der Waals surface area contributed by atoms with E-state index in [1.54, 1.807) is 4.68 Å². The van der Waals surface area contributed by atoms with Crippen LogP contribution in [0.15, 0.2) is 30.5 Å². The van der Waals surface area contributed by atoms with Crippen LogP contribution in [0.5, 0.6) is 0 Å². The summed E-state index contributed by atoms with van der Waals surface area (Å²) in [7, 11) is 0. The molecule has 20 heavy (non-hydrogen) atoms. The van der Waals surface area contributed by atoms with Crippen LogP contribution >= 0.6 is 12.2 Å². The Hall–Kier alpha value is -2.02. The molecular formula is C13H14F2N4S. The molecule has 7 heteroatoms. The molecule has 0 aliphatic heterocycles. The van der Waals surface area contributed by atoms with Crippen LogP contribution in [-0.4, -0.2) is 14.9 Å². The number of nitrogens with zero attached hydrogens (tertiary/aromatic N) is 2. The van der Waals surface area contributed by atoms with Crippen LogP contribution in [-0.2, 0) is 13.1 Å². The molecular weight excluding hydrogens is 282 g/mol. The zero-order valence-electron chi connectivity index (χ0n) is 10.9. The molecule has 0 atom stereocenters. The summed E-state index contributed by atoms with van der Waals surface area (Å²) in [6.07, 6.45) is 1.87. The Kier molecular flexibility index (Phi) is 4.62. The standard InChI is InChI=1S/C13H14F2N4S/c1-2-19-6-5-10(18-19)8-16-13(20)17-12-4-3-9(14)7-11(12)15/h3-7H,2,8H2,1H3,(H2,16,17,20). The highest BCUT2D eigenvalue weighted by molar-refractivity contribution is 7.80. The first-order valence-corrected chi connectivity index (χ1v) is 6.51. The number of anilines is 1. The Bertz CT molecular complexity index is 612. The van der Waals surface area contributed by atoms with Gasteiger partial charge in [-0.2, -0.15) is 5.10 Å². The molecule has 1 aromatic carbocycles. The lowest BCUT2D eigenvalue weighted by Gasteiger charge is -2.10. The van der Waals surface area contributed by atoms with Crippen LogP contribution in [0.1, 0.15) is 12.6 Å². The monoisotopic (exact) mass is 296 g/mol. The Balaban J connectivity index is 1.89. The molecule has 2 aromatic rings. The predicted octanol–water partition coefficient (Wildman–Crippen LogP) is 2.67. The number of benzene rings is 1. The van der Waals surface area contributed by atoms with Gasteiger partial charge in [-0.05, 0) is 37.3 Å². The minimum atomic E-state index is -0.690. The molecule has 106 valence electrons. The summed E-state index contributed by atoms with van der Waals surface area (Å²) >= 11 is 5.05. The van der Waals surface area contributed by atoms with E-state index in [1.807, 2.05) is 19.2 Å². The van der Waals surface area contributed by atoms with Crippen LogP contribution in [0.4, 0.5) is 14.5 Å². The third kappa shape index (κ3) is 3.74. The van der Waals surface area contributed by atoms with Crippen molar-refractivity contribution in [3.8, 4) is 0 Å². The van der Waals surface area contributed by atoms with Gasteiger partial charge in [-0.25, -0.2) is 8.78 Å². The molecule has 0 amide bonds. The lowest BCUT2D eigenvalue weighted by Crippen LogP contribution is -2.28. The molecule has 1 aromatic heterocycles. The second kappa shape index (κ2) is 6.42. The summed E-state index contributed by atoms with van der Waals surface area (Å²) in [6, 6.07) is 5.13. The Labute approximate surface area is 120 Å². The normalized spacial score (nSPS) is 10.3. The van der Waals surface area contributed by atoms with Crippen LogP contribution in [0.3, 0.4) is 0 Å². The second-order valence-electron chi connectivity index (χ2n) is 4.09. The van der Waals surface area contributed by atoms with Crippen molar-refractivity contribution in [2.24, 2.45) is 0 Å². The highest BCUT2D eigenvalue weighted by atomic mass is 32.1. The van der Waals surface area contributed by atoms with Gasteiger partial charge in [0.05, 0.1) is 17.9 Å². The van der Waals surface area contributed by atoms with Gasteiger partial charge in [-0.15, -0.1) is 0 Å². The number of thiocarbonyl (C=S) groups is 1. The van der Waals surface area contributed by atoms with E-state index in [0.29, 0.717) is 6.54 Å². The van der Waals surface area contributed by atoms with Crippen molar-refractivity contribution in [3.05, 3.63) is 47.8 Å². The van der Waals surface area contributed by atoms with Crippen molar-refractivity contribution in [1.29, 1.82) is 0 Å². The number of nitrogens with one attached hydrogen (secondary N) is 2. The highest BCUT2D eigenvalue weighted by Gasteiger charge is 2.06. The van der Waals surface area contributed by atoms with Gasteiger partial charge < -0.3 is 10.6 Å². The predicted molar refractivity (Wildman–Crippen MR) is 77.3 cm³/mol.